The maximum atomic E-state index is 13.4. The summed E-state index contributed by atoms with van der Waals surface area (Å²) in [5.41, 5.74) is 2.86. The number of benzene rings is 1. The van der Waals surface area contributed by atoms with Crippen LogP contribution in [0.15, 0.2) is 42.5 Å². The summed E-state index contributed by atoms with van der Waals surface area (Å²) in [6.45, 7) is 3.65. The van der Waals surface area contributed by atoms with Crippen molar-refractivity contribution >= 4 is 5.91 Å². The lowest BCUT2D eigenvalue weighted by Gasteiger charge is -2.24. The number of nitrogens with one attached hydrogen (secondary N) is 1. The van der Waals surface area contributed by atoms with Crippen molar-refractivity contribution in [2.24, 2.45) is 0 Å². The summed E-state index contributed by atoms with van der Waals surface area (Å²) in [7, 11) is 0. The van der Waals surface area contributed by atoms with Gasteiger partial charge in [0.1, 0.15) is 5.82 Å². The minimum Gasteiger partial charge on any atom is -0.351 e. The van der Waals surface area contributed by atoms with E-state index in [0.717, 1.165) is 42.9 Å². The minimum atomic E-state index is -0.196. The van der Waals surface area contributed by atoms with Crippen molar-refractivity contribution in [3.63, 3.8) is 0 Å². The Labute approximate surface area is 141 Å². The molecule has 0 radical (unpaired) electrons. The third-order valence-corrected chi connectivity index (χ3v) is 4.33. The van der Waals surface area contributed by atoms with Gasteiger partial charge in [-0.15, -0.1) is 0 Å². The molecule has 1 saturated heterocycles. The molecule has 4 nitrogen and oxygen atoms in total. The Morgan fingerprint density at radius 1 is 1.33 bits per heavy atom. The molecular weight excluding hydrogens is 305 g/mol. The Hall–Kier alpha value is -2.27. The molecule has 5 heteroatoms. The van der Waals surface area contributed by atoms with Crippen LogP contribution in [0.4, 0.5) is 4.39 Å². The topological polar surface area (TPSA) is 45.2 Å². The summed E-state index contributed by atoms with van der Waals surface area (Å²) in [4.78, 5) is 18.1. The minimum absolute atomic E-state index is 0.0594. The van der Waals surface area contributed by atoms with E-state index in [4.69, 9.17) is 4.98 Å². The molecule has 1 aromatic carbocycles. The van der Waals surface area contributed by atoms with Gasteiger partial charge in [-0.3, -0.25) is 14.7 Å². The van der Waals surface area contributed by atoms with Gasteiger partial charge in [-0.05, 0) is 49.2 Å². The van der Waals surface area contributed by atoms with Crippen LogP contribution in [0.5, 0.6) is 0 Å². The number of carbonyl (C=O) groups excluding carboxylic acids is 1. The van der Waals surface area contributed by atoms with Gasteiger partial charge in [-0.25, -0.2) is 4.39 Å². The summed E-state index contributed by atoms with van der Waals surface area (Å²) in [5.74, 6) is -0.255. The number of halogens is 1. The third-order valence-electron chi connectivity index (χ3n) is 4.33. The second kappa shape index (κ2) is 7.53. The third kappa shape index (κ3) is 4.17. The number of nitrogens with zero attached hydrogens (tertiary/aromatic N) is 2. The van der Waals surface area contributed by atoms with E-state index in [9.17, 15) is 9.18 Å². The van der Waals surface area contributed by atoms with E-state index in [-0.39, 0.29) is 17.8 Å². The number of likely N-dealkylation sites (tertiary alicyclic amines) is 1. The molecule has 1 aliphatic heterocycles. The highest BCUT2D eigenvalue weighted by molar-refractivity contribution is 5.72. The molecule has 0 saturated carbocycles. The average molecular weight is 327 g/mol. The number of amides is 1. The molecule has 0 unspecified atom stereocenters. The molecule has 0 spiro atoms. The normalized spacial score (nSPS) is 17.8. The number of aromatic nitrogens is 1. The van der Waals surface area contributed by atoms with Gasteiger partial charge in [-0.1, -0.05) is 18.2 Å². The summed E-state index contributed by atoms with van der Waals surface area (Å²) in [6.07, 6.45) is 2.16. The lowest BCUT2D eigenvalue weighted by Crippen LogP contribution is -2.24. The molecule has 1 N–H and O–H groups in total. The summed E-state index contributed by atoms with van der Waals surface area (Å²) < 4.78 is 13.4. The van der Waals surface area contributed by atoms with Gasteiger partial charge in [0.2, 0.25) is 5.91 Å². The zero-order valence-electron chi connectivity index (χ0n) is 13.8. The number of rotatable bonds is 5. The largest absolute Gasteiger partial charge is 0.351 e. The molecule has 0 aliphatic carbocycles. The predicted octanol–water partition coefficient (Wildman–Crippen LogP) is 3.19. The van der Waals surface area contributed by atoms with Gasteiger partial charge < -0.3 is 5.32 Å². The summed E-state index contributed by atoms with van der Waals surface area (Å²) in [5, 5.41) is 2.78. The van der Waals surface area contributed by atoms with E-state index >= 15 is 0 Å². The van der Waals surface area contributed by atoms with Gasteiger partial charge in [0, 0.05) is 13.5 Å². The van der Waals surface area contributed by atoms with E-state index in [1.807, 2.05) is 24.3 Å². The summed E-state index contributed by atoms with van der Waals surface area (Å²) >= 11 is 0. The molecule has 2 heterocycles. The molecule has 0 bridgehead atoms. The lowest BCUT2D eigenvalue weighted by molar-refractivity contribution is -0.119. The number of hydrogen-bond donors (Lipinski definition) is 1. The highest BCUT2D eigenvalue weighted by Crippen LogP contribution is 2.32. The standard InChI is InChI=1S/C19H22FN3O/c1-14(24)21-12-17-7-3-8-18(22-17)19-9-4-10-23(19)13-15-5-2-6-16(20)11-15/h2-3,5-8,11,19H,4,9-10,12-13H2,1H3,(H,21,24)/t19-/m0/s1. The first-order chi connectivity index (χ1) is 11.6. The van der Waals surface area contributed by atoms with E-state index in [1.54, 1.807) is 12.1 Å². The van der Waals surface area contributed by atoms with Gasteiger partial charge in [-0.2, -0.15) is 0 Å². The molecule has 1 amide bonds. The highest BCUT2D eigenvalue weighted by atomic mass is 19.1. The Balaban J connectivity index is 1.73. The number of pyridine rings is 1. The van der Waals surface area contributed by atoms with Gasteiger partial charge in [0.15, 0.2) is 0 Å². The fourth-order valence-corrected chi connectivity index (χ4v) is 3.22. The quantitative estimate of drug-likeness (QED) is 0.917. The number of carbonyl (C=O) groups is 1. The fraction of sp³-hybridized carbons (Fsp3) is 0.368. The van der Waals surface area contributed by atoms with Crippen LogP contribution >= 0.6 is 0 Å². The lowest BCUT2D eigenvalue weighted by atomic mass is 10.1. The van der Waals surface area contributed by atoms with E-state index < -0.39 is 0 Å². The zero-order valence-corrected chi connectivity index (χ0v) is 13.8. The van der Waals surface area contributed by atoms with Crippen LogP contribution < -0.4 is 5.32 Å². The maximum Gasteiger partial charge on any atom is 0.217 e. The van der Waals surface area contributed by atoms with Crippen LogP contribution in [0.25, 0.3) is 0 Å². The van der Waals surface area contributed by atoms with Crippen molar-refractivity contribution in [2.75, 3.05) is 6.54 Å². The highest BCUT2D eigenvalue weighted by Gasteiger charge is 2.27. The Morgan fingerprint density at radius 3 is 2.96 bits per heavy atom. The van der Waals surface area contributed by atoms with Crippen molar-refractivity contribution in [2.45, 2.75) is 38.9 Å². The monoisotopic (exact) mass is 327 g/mol. The van der Waals surface area contributed by atoms with Crippen LogP contribution in [0.3, 0.4) is 0 Å². The second-order valence-corrected chi connectivity index (χ2v) is 6.22. The van der Waals surface area contributed by atoms with Crippen molar-refractivity contribution in [1.29, 1.82) is 0 Å². The van der Waals surface area contributed by atoms with E-state index in [2.05, 4.69) is 10.2 Å². The van der Waals surface area contributed by atoms with Crippen LogP contribution in [0.1, 0.15) is 42.8 Å². The maximum absolute atomic E-state index is 13.4. The molecule has 3 rings (SSSR count). The van der Waals surface area contributed by atoms with Gasteiger partial charge >= 0.3 is 0 Å². The van der Waals surface area contributed by atoms with Crippen molar-refractivity contribution < 1.29 is 9.18 Å². The first-order valence-corrected chi connectivity index (χ1v) is 8.30. The molecule has 1 fully saturated rings. The van der Waals surface area contributed by atoms with Crippen LogP contribution in [-0.4, -0.2) is 22.3 Å². The van der Waals surface area contributed by atoms with Crippen LogP contribution in [0, 0.1) is 5.82 Å². The van der Waals surface area contributed by atoms with Crippen molar-refractivity contribution in [1.82, 2.24) is 15.2 Å². The molecule has 1 aliphatic rings. The first-order valence-electron chi connectivity index (χ1n) is 8.30. The van der Waals surface area contributed by atoms with Gasteiger partial charge in [0.25, 0.3) is 0 Å². The predicted molar refractivity (Wildman–Crippen MR) is 90.5 cm³/mol. The second-order valence-electron chi connectivity index (χ2n) is 6.22. The Bertz CT molecular complexity index is 719. The molecular formula is C19H22FN3O. The fourth-order valence-electron chi connectivity index (χ4n) is 3.22. The molecule has 1 aromatic heterocycles. The smallest absolute Gasteiger partial charge is 0.217 e. The van der Waals surface area contributed by atoms with Crippen LogP contribution in [-0.2, 0) is 17.9 Å². The summed E-state index contributed by atoms with van der Waals surface area (Å²) in [6, 6.07) is 13.0. The Kier molecular flexibility index (Phi) is 5.20. The average Bonchev–Trinajstić information content (AvgIpc) is 3.01. The van der Waals surface area contributed by atoms with E-state index in [1.165, 1.54) is 13.0 Å². The first kappa shape index (κ1) is 16.6. The SMILES string of the molecule is CC(=O)NCc1cccc([C@@H]2CCCN2Cc2cccc(F)c2)n1. The van der Waals surface area contributed by atoms with Gasteiger partial charge in [0.05, 0.1) is 24.0 Å². The Morgan fingerprint density at radius 2 is 2.17 bits per heavy atom. The number of hydrogen-bond acceptors (Lipinski definition) is 3. The van der Waals surface area contributed by atoms with Crippen molar-refractivity contribution in [3.05, 3.63) is 65.2 Å². The van der Waals surface area contributed by atoms with E-state index in [0.29, 0.717) is 6.54 Å². The molecule has 24 heavy (non-hydrogen) atoms. The molecule has 1 atom stereocenters. The zero-order chi connectivity index (χ0) is 16.9. The molecule has 2 aromatic rings. The molecule has 126 valence electrons. The van der Waals surface area contributed by atoms with Crippen LogP contribution in [0.2, 0.25) is 0 Å². The van der Waals surface area contributed by atoms with Crippen molar-refractivity contribution in [3.8, 4) is 0 Å².